The van der Waals surface area contributed by atoms with E-state index in [9.17, 15) is 43.2 Å². The number of carbonyl (C=O) groups excluding carboxylic acids is 4. The van der Waals surface area contributed by atoms with E-state index in [0.29, 0.717) is 25.7 Å². The number of phosphoric ester groups is 2. The zero-order chi connectivity index (χ0) is 71.1. The number of rotatable bonds is 79. The molecule has 0 fully saturated rings. The van der Waals surface area contributed by atoms with Gasteiger partial charge in [-0.15, -0.1) is 0 Å². The SMILES string of the molecule is CCCCCCCCCCCCCCCCCCCCCCCCC(=O)O[C@H](COC(=O)CCCCCCCCCCCCCCCCCCCCC)COP(=O)(O)OC[C@@H](O)COP(=O)(O)OC[C@@H](COC(=O)CCCCCCC)OC(=O)CCCCCCCCCCCCC. The van der Waals surface area contributed by atoms with Crippen LogP contribution in [0, 0.1) is 0 Å². The lowest BCUT2D eigenvalue weighted by atomic mass is 10.0. The van der Waals surface area contributed by atoms with Gasteiger partial charge in [0.05, 0.1) is 26.4 Å². The van der Waals surface area contributed by atoms with Crippen LogP contribution in [-0.2, 0) is 65.4 Å². The summed E-state index contributed by atoms with van der Waals surface area (Å²) in [6, 6.07) is 0. The summed E-state index contributed by atoms with van der Waals surface area (Å²) in [4.78, 5) is 72.5. The Bertz CT molecular complexity index is 1840. The maximum atomic E-state index is 13.1. The topological polar surface area (TPSA) is 237 Å². The lowest BCUT2D eigenvalue weighted by Crippen LogP contribution is -2.30. The first-order chi connectivity index (χ1) is 47.2. The molecule has 0 saturated heterocycles. The molecule has 0 aliphatic carbocycles. The zero-order valence-electron chi connectivity index (χ0n) is 63.1. The van der Waals surface area contributed by atoms with Crippen molar-refractivity contribution in [1.29, 1.82) is 0 Å². The number of aliphatic hydroxyl groups is 1. The molecular weight excluding hydrogens is 1270 g/mol. The molecule has 0 aromatic rings. The highest BCUT2D eigenvalue weighted by atomic mass is 31.2. The van der Waals surface area contributed by atoms with Crippen molar-refractivity contribution in [2.45, 2.75) is 438 Å². The second-order valence-electron chi connectivity index (χ2n) is 28.1. The van der Waals surface area contributed by atoms with E-state index in [4.69, 9.17) is 37.0 Å². The predicted octanol–water partition coefficient (Wildman–Crippen LogP) is 23.4. The molecule has 0 rings (SSSR count). The molecule has 5 atom stereocenters. The molecule has 0 heterocycles. The quantitative estimate of drug-likeness (QED) is 0.0222. The summed E-state index contributed by atoms with van der Waals surface area (Å²) in [6.45, 7) is 4.90. The average Bonchev–Trinajstić information content (AvgIpc) is 1.38. The molecule has 0 amide bonds. The van der Waals surface area contributed by atoms with Crippen molar-refractivity contribution < 1.29 is 80.2 Å². The fourth-order valence-electron chi connectivity index (χ4n) is 12.1. The highest BCUT2D eigenvalue weighted by molar-refractivity contribution is 7.47. The van der Waals surface area contributed by atoms with Crippen LogP contribution < -0.4 is 0 Å². The maximum Gasteiger partial charge on any atom is 0.472 e. The Morgan fingerprint density at radius 3 is 0.608 bits per heavy atom. The van der Waals surface area contributed by atoms with Crippen LogP contribution in [0.4, 0.5) is 0 Å². The Hall–Kier alpha value is -1.94. The van der Waals surface area contributed by atoms with Crippen LogP contribution in [0.25, 0.3) is 0 Å². The monoisotopic (exact) mass is 1420 g/mol. The van der Waals surface area contributed by atoms with Crippen LogP contribution in [-0.4, -0.2) is 96.7 Å². The van der Waals surface area contributed by atoms with Crippen molar-refractivity contribution in [3.05, 3.63) is 0 Å². The van der Waals surface area contributed by atoms with Crippen molar-refractivity contribution in [3.63, 3.8) is 0 Å². The molecule has 0 aromatic carbocycles. The van der Waals surface area contributed by atoms with E-state index in [0.717, 1.165) is 96.3 Å². The molecule has 2 unspecified atom stereocenters. The van der Waals surface area contributed by atoms with Gasteiger partial charge in [0.2, 0.25) is 0 Å². The van der Waals surface area contributed by atoms with Crippen molar-refractivity contribution in [1.82, 2.24) is 0 Å². The largest absolute Gasteiger partial charge is 0.472 e. The van der Waals surface area contributed by atoms with Crippen LogP contribution in [0.2, 0.25) is 0 Å². The number of phosphoric acid groups is 2. The second-order valence-corrected chi connectivity index (χ2v) is 31.0. The van der Waals surface area contributed by atoms with Crippen molar-refractivity contribution in [2.24, 2.45) is 0 Å². The molecule has 19 heteroatoms. The van der Waals surface area contributed by atoms with Gasteiger partial charge in [-0.2, -0.15) is 0 Å². The van der Waals surface area contributed by atoms with Gasteiger partial charge >= 0.3 is 39.5 Å². The minimum absolute atomic E-state index is 0.107. The molecule has 0 saturated carbocycles. The Balaban J connectivity index is 5.09. The number of aliphatic hydroxyl groups excluding tert-OH is 1. The van der Waals surface area contributed by atoms with Crippen LogP contribution in [0.3, 0.4) is 0 Å². The van der Waals surface area contributed by atoms with E-state index >= 15 is 0 Å². The number of esters is 4. The summed E-state index contributed by atoms with van der Waals surface area (Å²) in [5.41, 5.74) is 0. The van der Waals surface area contributed by atoms with Gasteiger partial charge in [-0.25, -0.2) is 9.13 Å². The second kappa shape index (κ2) is 72.4. The highest BCUT2D eigenvalue weighted by Gasteiger charge is 2.30. The van der Waals surface area contributed by atoms with E-state index in [2.05, 4.69) is 27.7 Å². The van der Waals surface area contributed by atoms with Crippen LogP contribution in [0.15, 0.2) is 0 Å². The predicted molar refractivity (Wildman–Crippen MR) is 395 cm³/mol. The molecule has 17 nitrogen and oxygen atoms in total. The summed E-state index contributed by atoms with van der Waals surface area (Å²) < 4.78 is 68.3. The van der Waals surface area contributed by atoms with E-state index in [1.165, 1.54) is 244 Å². The zero-order valence-corrected chi connectivity index (χ0v) is 64.8. The van der Waals surface area contributed by atoms with Crippen LogP contribution in [0.1, 0.15) is 419 Å². The normalized spacial score (nSPS) is 13.8. The molecule has 0 bridgehead atoms. The standard InChI is InChI=1S/C78H152O17P2/c1-5-9-13-17-20-23-26-28-30-32-34-35-36-38-40-42-44-47-50-53-57-61-65-78(83)95-74(69-89-76(81)63-59-55-51-48-46-43-41-39-37-33-31-29-27-24-21-18-14-10-6-2)71-93-97(86,87)91-67-72(79)66-90-96(84,85)92-70-73(68-88-75(80)62-58-54-16-12-8-4)94-77(82)64-60-56-52-49-45-25-22-19-15-11-7-3/h72-74,79H,5-71H2,1-4H3,(H,84,85)(H,86,87)/t72-,73+,74+/m0/s1. The van der Waals surface area contributed by atoms with Crippen molar-refractivity contribution in [2.75, 3.05) is 39.6 Å². The van der Waals surface area contributed by atoms with Gasteiger partial charge in [-0.1, -0.05) is 368 Å². The Labute approximate surface area is 594 Å². The lowest BCUT2D eigenvalue weighted by molar-refractivity contribution is -0.161. The minimum Gasteiger partial charge on any atom is -0.462 e. The number of hydrogen-bond acceptors (Lipinski definition) is 15. The third-order valence-corrected chi connectivity index (χ3v) is 20.3. The summed E-state index contributed by atoms with van der Waals surface area (Å²) >= 11 is 0. The molecule has 0 aromatic heterocycles. The Morgan fingerprint density at radius 2 is 0.412 bits per heavy atom. The summed E-state index contributed by atoms with van der Waals surface area (Å²) in [7, 11) is -9.90. The van der Waals surface area contributed by atoms with Gasteiger partial charge in [0.25, 0.3) is 0 Å². The molecular formula is C78H152O17P2. The molecule has 3 N–H and O–H groups in total. The van der Waals surface area contributed by atoms with E-state index in [-0.39, 0.29) is 25.7 Å². The summed E-state index contributed by atoms with van der Waals surface area (Å²) in [5.74, 6) is -2.12. The number of ether oxygens (including phenoxy) is 4. The number of carbonyl (C=O) groups is 4. The van der Waals surface area contributed by atoms with Gasteiger partial charge in [-0.3, -0.25) is 37.3 Å². The van der Waals surface area contributed by atoms with Gasteiger partial charge in [0, 0.05) is 25.7 Å². The average molecular weight is 1420 g/mol. The maximum absolute atomic E-state index is 13.1. The third-order valence-electron chi connectivity index (χ3n) is 18.4. The highest BCUT2D eigenvalue weighted by Crippen LogP contribution is 2.45. The van der Waals surface area contributed by atoms with Gasteiger partial charge in [-0.05, 0) is 25.7 Å². The van der Waals surface area contributed by atoms with Gasteiger partial charge in [0.1, 0.15) is 19.3 Å². The fourth-order valence-corrected chi connectivity index (χ4v) is 13.7. The molecule has 0 aliphatic rings. The molecule has 0 radical (unpaired) electrons. The Kier molecular flexibility index (Phi) is 71.0. The smallest absolute Gasteiger partial charge is 0.462 e. The molecule has 576 valence electrons. The van der Waals surface area contributed by atoms with E-state index in [1.807, 2.05) is 0 Å². The number of unbranched alkanes of at least 4 members (excludes halogenated alkanes) is 53. The summed E-state index contributed by atoms with van der Waals surface area (Å²) in [6.07, 6.45) is 64.5. The molecule has 0 aliphatic heterocycles. The van der Waals surface area contributed by atoms with E-state index in [1.54, 1.807) is 0 Å². The Morgan fingerprint density at radius 1 is 0.247 bits per heavy atom. The number of hydrogen-bond donors (Lipinski definition) is 3. The summed E-state index contributed by atoms with van der Waals surface area (Å²) in [5, 5.41) is 10.6. The fraction of sp³-hybridized carbons (Fsp3) is 0.949. The van der Waals surface area contributed by atoms with Crippen LogP contribution in [0.5, 0.6) is 0 Å². The lowest BCUT2D eigenvalue weighted by Gasteiger charge is -2.21. The first-order valence-electron chi connectivity index (χ1n) is 40.8. The van der Waals surface area contributed by atoms with Crippen molar-refractivity contribution in [3.8, 4) is 0 Å². The molecule has 97 heavy (non-hydrogen) atoms. The first-order valence-corrected chi connectivity index (χ1v) is 43.8. The minimum atomic E-state index is -4.96. The van der Waals surface area contributed by atoms with Crippen molar-refractivity contribution >= 4 is 39.5 Å². The van der Waals surface area contributed by atoms with Crippen LogP contribution >= 0.6 is 15.6 Å². The molecule has 0 spiro atoms. The first kappa shape index (κ1) is 95.1. The van der Waals surface area contributed by atoms with Gasteiger partial charge < -0.3 is 33.8 Å². The van der Waals surface area contributed by atoms with Gasteiger partial charge in [0.15, 0.2) is 12.2 Å². The third kappa shape index (κ3) is 72.2. The van der Waals surface area contributed by atoms with E-state index < -0.39 is 97.5 Å².